The molecule has 7 heteroatoms. The van der Waals surface area contributed by atoms with Crippen molar-refractivity contribution in [2.24, 2.45) is 0 Å². The Hall–Kier alpha value is -5.34. The highest BCUT2D eigenvalue weighted by Gasteiger charge is 2.46. The van der Waals surface area contributed by atoms with Crippen LogP contribution in [0.15, 0.2) is 127 Å². The molecule has 2 aliphatic rings. The molecule has 0 unspecified atom stereocenters. The van der Waals surface area contributed by atoms with E-state index in [-0.39, 0.29) is 24.8 Å². The van der Waals surface area contributed by atoms with Crippen molar-refractivity contribution in [2.75, 3.05) is 14.7 Å². The molecule has 0 amide bonds. The third-order valence-electron chi connectivity index (χ3n) is 12.6. The van der Waals surface area contributed by atoms with E-state index in [0.29, 0.717) is 0 Å². The Morgan fingerprint density at radius 3 is 1.36 bits per heavy atom. The topological polar surface area (TPSA) is 9.72 Å². The zero-order valence-corrected chi connectivity index (χ0v) is 35.9. The fourth-order valence-electron chi connectivity index (χ4n) is 10.5. The summed E-state index contributed by atoms with van der Waals surface area (Å²) < 4.78 is 8.06. The molecule has 0 saturated carbocycles. The monoisotopic (exact) mass is 803 g/mol. The zero-order valence-electron chi connectivity index (χ0n) is 33.5. The molecular formula is C51H42BN3S3. The van der Waals surface area contributed by atoms with Gasteiger partial charge in [-0.15, -0.1) is 34.0 Å². The van der Waals surface area contributed by atoms with Gasteiger partial charge in [0.2, 0.25) is 0 Å². The minimum Gasteiger partial charge on any atom is -0.339 e. The molecule has 0 bridgehead atoms. The highest BCUT2D eigenvalue weighted by molar-refractivity contribution is 7.27. The number of anilines is 6. The summed E-state index contributed by atoms with van der Waals surface area (Å²) in [5.41, 5.74) is 12.1. The van der Waals surface area contributed by atoms with E-state index in [1.165, 1.54) is 111 Å². The lowest BCUT2D eigenvalue weighted by atomic mass is 9.33. The molecule has 3 aromatic heterocycles. The summed E-state index contributed by atoms with van der Waals surface area (Å²) in [4.78, 5) is 8.03. The Bertz CT molecular complexity index is 3180. The van der Waals surface area contributed by atoms with E-state index in [1.807, 2.05) is 34.0 Å². The van der Waals surface area contributed by atoms with Crippen LogP contribution in [-0.2, 0) is 0 Å². The van der Waals surface area contributed by atoms with Gasteiger partial charge in [-0.05, 0) is 113 Å². The molecule has 0 radical (unpaired) electrons. The van der Waals surface area contributed by atoms with Crippen molar-refractivity contribution >= 4 is 152 Å². The molecule has 7 aromatic carbocycles. The van der Waals surface area contributed by atoms with Gasteiger partial charge in [0.25, 0.3) is 6.71 Å². The molecule has 0 aliphatic carbocycles. The van der Waals surface area contributed by atoms with E-state index >= 15 is 0 Å². The summed E-state index contributed by atoms with van der Waals surface area (Å²) in [6.07, 6.45) is 0. The first-order valence-electron chi connectivity index (χ1n) is 20.6. The van der Waals surface area contributed by atoms with E-state index in [0.717, 1.165) is 0 Å². The van der Waals surface area contributed by atoms with E-state index in [1.54, 1.807) is 0 Å². The van der Waals surface area contributed by atoms with Crippen LogP contribution in [0, 0.1) is 0 Å². The van der Waals surface area contributed by atoms with Crippen LogP contribution in [-0.4, -0.2) is 24.8 Å². The fourth-order valence-corrected chi connectivity index (χ4v) is 13.9. The summed E-state index contributed by atoms with van der Waals surface area (Å²) in [6.45, 7) is 14.3. The van der Waals surface area contributed by atoms with Crippen LogP contribution in [0.2, 0.25) is 0 Å². The van der Waals surface area contributed by atoms with Crippen molar-refractivity contribution in [3.8, 4) is 0 Å². The first kappa shape index (κ1) is 34.7. The predicted molar refractivity (Wildman–Crippen MR) is 261 cm³/mol. The number of rotatable bonds is 5. The normalized spacial score (nSPS) is 13.7. The minimum absolute atomic E-state index is 0.0805. The average Bonchev–Trinajstić information content (AvgIpc) is 3.92. The summed E-state index contributed by atoms with van der Waals surface area (Å²) in [6, 6.07) is 49.4. The fraction of sp³-hybridized carbons (Fsp3) is 0.176. The Balaban J connectivity index is 1.24. The quantitative estimate of drug-likeness (QED) is 0.161. The smallest absolute Gasteiger partial charge is 0.252 e. The van der Waals surface area contributed by atoms with Gasteiger partial charge in [-0.1, -0.05) is 72.8 Å². The molecule has 3 nitrogen and oxygen atoms in total. The number of hydrogen-bond donors (Lipinski definition) is 0. The predicted octanol–water partition coefficient (Wildman–Crippen LogP) is 13.6. The lowest BCUT2D eigenvalue weighted by Crippen LogP contribution is -2.63. The molecule has 0 N–H and O–H groups in total. The maximum absolute atomic E-state index is 2.71. The van der Waals surface area contributed by atoms with Gasteiger partial charge in [0.05, 0.1) is 5.69 Å². The Morgan fingerprint density at radius 1 is 0.466 bits per heavy atom. The maximum Gasteiger partial charge on any atom is 0.252 e. The second-order valence-corrected chi connectivity index (χ2v) is 20.2. The van der Waals surface area contributed by atoms with Crippen LogP contribution >= 0.6 is 34.0 Å². The third kappa shape index (κ3) is 4.67. The van der Waals surface area contributed by atoms with Crippen LogP contribution in [0.1, 0.15) is 41.5 Å². The van der Waals surface area contributed by atoms with Gasteiger partial charge in [0.1, 0.15) is 0 Å². The molecule has 0 spiro atoms. The summed E-state index contributed by atoms with van der Waals surface area (Å²) >= 11 is 5.74. The lowest BCUT2D eigenvalue weighted by Gasteiger charge is -2.47. The maximum atomic E-state index is 2.71. The van der Waals surface area contributed by atoms with E-state index < -0.39 is 0 Å². The second kappa shape index (κ2) is 12.6. The second-order valence-electron chi connectivity index (χ2n) is 16.9. The van der Waals surface area contributed by atoms with Gasteiger partial charge in [0, 0.05) is 107 Å². The molecule has 2 aliphatic heterocycles. The molecule has 5 heterocycles. The average molecular weight is 804 g/mol. The molecule has 58 heavy (non-hydrogen) atoms. The molecule has 0 atom stereocenters. The van der Waals surface area contributed by atoms with Gasteiger partial charge in [-0.25, -0.2) is 0 Å². The van der Waals surface area contributed by atoms with Crippen LogP contribution < -0.4 is 31.1 Å². The third-order valence-corrected chi connectivity index (χ3v) is 16.0. The summed E-state index contributed by atoms with van der Waals surface area (Å²) in [5, 5.41) is 8.14. The Kier molecular flexibility index (Phi) is 7.52. The molecule has 10 aromatic rings. The first-order valence-corrected chi connectivity index (χ1v) is 23.1. The van der Waals surface area contributed by atoms with Crippen molar-refractivity contribution in [1.82, 2.24) is 0 Å². The molecule has 282 valence electrons. The standard InChI is InChI=1S/C51H42BN3S3/c1-28(2)53(37-17-13-21-43-46(37)32-14-7-10-18-40(32)56-43)31-26-38-49-39(27-31)55(30(5)6)51-36(23-25-45-48(51)34-16-9-12-20-42(34)58-45)52(49)35-22-24-44-47(50(35)54(38)29(3)4)33-15-8-11-19-41(33)57-44/h7-30H,1-6H3. The highest BCUT2D eigenvalue weighted by Crippen LogP contribution is 2.51. The molecular weight excluding hydrogens is 762 g/mol. The van der Waals surface area contributed by atoms with Crippen molar-refractivity contribution in [3.63, 3.8) is 0 Å². The lowest BCUT2D eigenvalue weighted by molar-refractivity contribution is 0.775. The SMILES string of the molecule is CC(C)N(c1cc2c3c(c1)N(C(C)C)c1c(ccc4sc5ccccc5c14)B3c1ccc3sc4ccccc4c3c1N2C(C)C)c1cccc2sc3ccccc3c12. The van der Waals surface area contributed by atoms with Gasteiger partial charge in [-0.2, -0.15) is 0 Å². The zero-order chi connectivity index (χ0) is 39.1. The van der Waals surface area contributed by atoms with Crippen molar-refractivity contribution < 1.29 is 0 Å². The van der Waals surface area contributed by atoms with Gasteiger partial charge in [-0.3, -0.25) is 0 Å². The minimum atomic E-state index is 0.0805. The number of hydrogen-bond acceptors (Lipinski definition) is 6. The van der Waals surface area contributed by atoms with Crippen LogP contribution in [0.25, 0.3) is 60.5 Å². The van der Waals surface area contributed by atoms with Gasteiger partial charge >= 0.3 is 0 Å². The van der Waals surface area contributed by atoms with E-state index in [2.05, 4.69) is 184 Å². The van der Waals surface area contributed by atoms with Crippen molar-refractivity contribution in [1.29, 1.82) is 0 Å². The summed E-state index contributed by atoms with van der Waals surface area (Å²) in [5.74, 6) is 0. The van der Waals surface area contributed by atoms with Crippen LogP contribution in [0.3, 0.4) is 0 Å². The van der Waals surface area contributed by atoms with Gasteiger partial charge < -0.3 is 14.7 Å². The van der Waals surface area contributed by atoms with Crippen LogP contribution in [0.5, 0.6) is 0 Å². The number of thiophene rings is 3. The van der Waals surface area contributed by atoms with Crippen molar-refractivity contribution in [2.45, 2.75) is 59.7 Å². The highest BCUT2D eigenvalue weighted by atomic mass is 32.1. The number of nitrogens with zero attached hydrogens (tertiary/aromatic N) is 3. The van der Waals surface area contributed by atoms with Crippen molar-refractivity contribution in [3.05, 3.63) is 127 Å². The largest absolute Gasteiger partial charge is 0.339 e. The Labute approximate surface area is 351 Å². The Morgan fingerprint density at radius 2 is 0.897 bits per heavy atom. The van der Waals surface area contributed by atoms with Crippen LogP contribution in [0.4, 0.5) is 34.1 Å². The molecule has 0 saturated heterocycles. The molecule has 12 rings (SSSR count). The molecule has 0 fully saturated rings. The number of benzene rings is 7. The van der Waals surface area contributed by atoms with E-state index in [4.69, 9.17) is 0 Å². The number of fused-ring (bicyclic) bond motifs is 15. The first-order chi connectivity index (χ1) is 28.3. The van der Waals surface area contributed by atoms with E-state index in [9.17, 15) is 0 Å². The van der Waals surface area contributed by atoms with Gasteiger partial charge in [0.15, 0.2) is 0 Å². The summed E-state index contributed by atoms with van der Waals surface area (Å²) in [7, 11) is 0.